The van der Waals surface area contributed by atoms with Crippen LogP contribution in [0.25, 0.3) is 10.8 Å². The van der Waals surface area contributed by atoms with Gasteiger partial charge in [-0.05, 0) is 42.0 Å². The lowest BCUT2D eigenvalue weighted by Gasteiger charge is -2.32. The molecule has 2 aromatic carbocycles. The van der Waals surface area contributed by atoms with Crippen LogP contribution in [0, 0.1) is 11.6 Å². The third-order valence-corrected chi connectivity index (χ3v) is 8.88. The molecule has 32 heavy (non-hydrogen) atoms. The number of halogens is 2. The van der Waals surface area contributed by atoms with Crippen LogP contribution in [0.5, 0.6) is 0 Å². The van der Waals surface area contributed by atoms with Gasteiger partial charge in [0.2, 0.25) is 5.95 Å². The summed E-state index contributed by atoms with van der Waals surface area (Å²) < 4.78 is 42.0. The van der Waals surface area contributed by atoms with E-state index in [9.17, 15) is 13.3 Å². The zero-order chi connectivity index (χ0) is 22.1. The highest BCUT2D eigenvalue weighted by Gasteiger charge is 2.33. The standard InChI is InChI=1S/C23H20F2N5OP/c24-18-3-4-19-17(14-18)15-28-29-21(19)12-16-2-5-20(25)22(13-16)32(31)10-8-30(9-11-32)23-26-6-1-7-27-23/h1-7,13-15H,8-12H2. The number of rotatable bonds is 4. The fourth-order valence-corrected chi connectivity index (χ4v) is 6.81. The zero-order valence-corrected chi connectivity index (χ0v) is 18.1. The Morgan fingerprint density at radius 1 is 1.00 bits per heavy atom. The van der Waals surface area contributed by atoms with Crippen LogP contribution in [0.15, 0.2) is 61.1 Å². The Morgan fingerprint density at radius 3 is 2.56 bits per heavy atom. The second kappa shape index (κ2) is 8.36. The van der Waals surface area contributed by atoms with E-state index in [1.807, 2.05) is 4.90 Å². The van der Waals surface area contributed by atoms with Gasteiger partial charge in [-0.15, -0.1) is 0 Å². The highest BCUT2D eigenvalue weighted by molar-refractivity contribution is 7.71. The van der Waals surface area contributed by atoms with Gasteiger partial charge >= 0.3 is 0 Å². The average Bonchev–Trinajstić information content (AvgIpc) is 2.81. The average molecular weight is 451 g/mol. The Morgan fingerprint density at radius 2 is 1.78 bits per heavy atom. The molecule has 0 aliphatic carbocycles. The maximum absolute atomic E-state index is 14.8. The first-order chi connectivity index (χ1) is 15.5. The second-order valence-corrected chi connectivity index (χ2v) is 11.0. The van der Waals surface area contributed by atoms with Crippen molar-refractivity contribution in [3.63, 3.8) is 0 Å². The lowest BCUT2D eigenvalue weighted by molar-refractivity contribution is 0.570. The Hall–Kier alpha value is -3.25. The van der Waals surface area contributed by atoms with E-state index in [1.165, 1.54) is 24.4 Å². The van der Waals surface area contributed by atoms with Crippen LogP contribution < -0.4 is 10.2 Å². The highest BCUT2D eigenvalue weighted by Crippen LogP contribution is 2.47. The molecule has 1 fully saturated rings. The predicted molar refractivity (Wildman–Crippen MR) is 120 cm³/mol. The van der Waals surface area contributed by atoms with Crippen LogP contribution in [0.2, 0.25) is 0 Å². The van der Waals surface area contributed by atoms with E-state index in [0.717, 1.165) is 10.9 Å². The van der Waals surface area contributed by atoms with Gasteiger partial charge in [-0.3, -0.25) is 0 Å². The molecule has 0 radical (unpaired) electrons. The Bertz CT molecular complexity index is 1320. The second-order valence-electron chi connectivity index (χ2n) is 7.86. The van der Waals surface area contributed by atoms with Crippen molar-refractivity contribution in [2.45, 2.75) is 6.42 Å². The number of hydrogen-bond donors (Lipinski definition) is 0. The van der Waals surface area contributed by atoms with Crippen molar-refractivity contribution >= 4 is 29.2 Å². The molecule has 2 aromatic heterocycles. The van der Waals surface area contributed by atoms with Gasteiger partial charge in [-0.1, -0.05) is 6.07 Å². The number of nitrogens with zero attached hydrogens (tertiary/aromatic N) is 5. The maximum atomic E-state index is 14.8. The van der Waals surface area contributed by atoms with E-state index < -0.39 is 13.0 Å². The van der Waals surface area contributed by atoms with Crippen LogP contribution in [0.4, 0.5) is 14.7 Å². The fourth-order valence-electron chi connectivity index (χ4n) is 4.11. The number of anilines is 1. The van der Waals surface area contributed by atoms with Crippen molar-refractivity contribution in [2.75, 3.05) is 30.3 Å². The molecule has 0 N–H and O–H groups in total. The molecule has 0 saturated carbocycles. The minimum atomic E-state index is -2.91. The van der Waals surface area contributed by atoms with Crippen LogP contribution in [0.3, 0.4) is 0 Å². The molecule has 0 atom stereocenters. The molecule has 0 amide bonds. The normalized spacial score (nSPS) is 15.8. The van der Waals surface area contributed by atoms with E-state index in [1.54, 1.807) is 36.7 Å². The van der Waals surface area contributed by atoms with Gasteiger partial charge in [-0.25, -0.2) is 18.7 Å². The summed E-state index contributed by atoms with van der Waals surface area (Å²) in [5, 5.41) is 9.89. The quantitative estimate of drug-likeness (QED) is 0.440. The molecule has 5 rings (SSSR count). The molecule has 6 nitrogen and oxygen atoms in total. The predicted octanol–water partition coefficient (Wildman–Crippen LogP) is 3.80. The van der Waals surface area contributed by atoms with E-state index in [4.69, 9.17) is 0 Å². The van der Waals surface area contributed by atoms with Gasteiger partial charge < -0.3 is 9.46 Å². The van der Waals surface area contributed by atoms with E-state index >= 15 is 0 Å². The van der Waals surface area contributed by atoms with Crippen molar-refractivity contribution in [3.05, 3.63) is 83.9 Å². The molecule has 1 saturated heterocycles. The molecule has 4 aromatic rings. The Balaban J connectivity index is 1.41. The summed E-state index contributed by atoms with van der Waals surface area (Å²) in [6.07, 6.45) is 5.96. The molecule has 0 spiro atoms. The first-order valence-corrected chi connectivity index (χ1v) is 12.4. The molecule has 3 heterocycles. The van der Waals surface area contributed by atoms with Crippen molar-refractivity contribution in [2.24, 2.45) is 0 Å². The zero-order valence-electron chi connectivity index (χ0n) is 17.2. The van der Waals surface area contributed by atoms with Gasteiger partial charge in [0, 0.05) is 60.3 Å². The third-order valence-electron chi connectivity index (χ3n) is 5.82. The lowest BCUT2D eigenvalue weighted by Crippen LogP contribution is -2.38. The van der Waals surface area contributed by atoms with E-state index in [2.05, 4.69) is 20.2 Å². The molecular formula is C23H20F2N5OP. The minimum Gasteiger partial charge on any atom is -0.340 e. The third kappa shape index (κ3) is 3.98. The minimum absolute atomic E-state index is 0.280. The molecular weight excluding hydrogens is 431 g/mol. The summed E-state index contributed by atoms with van der Waals surface area (Å²) in [7, 11) is -2.91. The van der Waals surface area contributed by atoms with Crippen molar-refractivity contribution in [1.29, 1.82) is 0 Å². The Kier molecular flexibility index (Phi) is 5.39. The summed E-state index contributed by atoms with van der Waals surface area (Å²) in [6.45, 7) is 1.01. The molecule has 162 valence electrons. The summed E-state index contributed by atoms with van der Waals surface area (Å²) >= 11 is 0. The topological polar surface area (TPSA) is 71.9 Å². The molecule has 0 unspecified atom stereocenters. The van der Waals surface area contributed by atoms with Gasteiger partial charge in [0.25, 0.3) is 0 Å². The van der Waals surface area contributed by atoms with Gasteiger partial charge in [-0.2, -0.15) is 10.2 Å². The van der Waals surface area contributed by atoms with Gasteiger partial charge in [0.05, 0.1) is 11.9 Å². The van der Waals surface area contributed by atoms with Crippen LogP contribution in [-0.2, 0) is 11.0 Å². The molecule has 1 aliphatic heterocycles. The monoisotopic (exact) mass is 451 g/mol. The van der Waals surface area contributed by atoms with Gasteiger partial charge in [0.1, 0.15) is 18.8 Å². The summed E-state index contributed by atoms with van der Waals surface area (Å²) in [5.41, 5.74) is 1.45. The number of hydrogen-bond acceptors (Lipinski definition) is 6. The summed E-state index contributed by atoms with van der Waals surface area (Å²) in [4.78, 5) is 10.5. The van der Waals surface area contributed by atoms with Crippen molar-refractivity contribution in [1.82, 2.24) is 20.2 Å². The largest absolute Gasteiger partial charge is 0.340 e. The van der Waals surface area contributed by atoms with E-state index in [-0.39, 0.29) is 11.1 Å². The molecule has 1 aliphatic rings. The number of aromatic nitrogens is 4. The van der Waals surface area contributed by atoms with Crippen LogP contribution in [0.1, 0.15) is 11.3 Å². The Labute approximate surface area is 183 Å². The van der Waals surface area contributed by atoms with E-state index in [0.29, 0.717) is 48.9 Å². The molecule has 9 heteroatoms. The molecule has 0 bridgehead atoms. The first-order valence-electron chi connectivity index (χ1n) is 10.3. The smallest absolute Gasteiger partial charge is 0.225 e. The maximum Gasteiger partial charge on any atom is 0.225 e. The number of fused-ring (bicyclic) bond motifs is 1. The number of benzene rings is 2. The van der Waals surface area contributed by atoms with Crippen LogP contribution >= 0.6 is 7.14 Å². The van der Waals surface area contributed by atoms with Gasteiger partial charge in [0.15, 0.2) is 0 Å². The summed E-state index contributed by atoms with van der Waals surface area (Å²) in [5.74, 6) is -0.197. The van der Waals surface area contributed by atoms with Crippen molar-refractivity contribution < 1.29 is 13.3 Å². The fraction of sp³-hybridized carbons (Fsp3) is 0.217. The summed E-state index contributed by atoms with van der Waals surface area (Å²) in [6, 6.07) is 10.9. The SMILES string of the molecule is O=P1(c2cc(Cc3nncc4cc(F)ccc34)ccc2F)CCN(c2ncccn2)CC1. The first kappa shape index (κ1) is 20.6. The highest BCUT2D eigenvalue weighted by atomic mass is 31.2. The van der Waals surface area contributed by atoms with Crippen LogP contribution in [-0.4, -0.2) is 45.6 Å². The lowest BCUT2D eigenvalue weighted by atomic mass is 10.0. The van der Waals surface area contributed by atoms with Crippen molar-refractivity contribution in [3.8, 4) is 0 Å².